The zero-order valence-corrected chi connectivity index (χ0v) is 32.0. The molecule has 0 spiro atoms. The van der Waals surface area contributed by atoms with Crippen LogP contribution in [0.3, 0.4) is 0 Å². The Kier molecular flexibility index (Phi) is 11.3. The lowest BCUT2D eigenvalue weighted by molar-refractivity contribution is -0.539. The highest BCUT2D eigenvalue weighted by Crippen LogP contribution is 2.38. The van der Waals surface area contributed by atoms with Crippen molar-refractivity contribution >= 4 is 34.2 Å². The standard InChI is InChI=1S/C40H60N4O2.Al/c1-38(2,3)32-23-29(15-13-20-44-22-14-21-43-19-12-10-11-16-35(43)44)36(45)30(24-32)27-41-17-18-42-28-31-25-33(39(4,5)6)26-34(37(31)46)40(7,8)9;/h23-28H,10-22H2,1-9H3,(H-,41,42,45,46);/q;+2/p-1. The Morgan fingerprint density at radius 3 is 2.00 bits per heavy atom. The summed E-state index contributed by atoms with van der Waals surface area (Å²) < 4.78 is 16.2. The summed E-state index contributed by atoms with van der Waals surface area (Å²) in [6.45, 7) is 26.4. The molecule has 3 heterocycles. The molecule has 2 aromatic carbocycles. The molecule has 253 valence electrons. The molecule has 3 aliphatic rings. The van der Waals surface area contributed by atoms with Crippen molar-refractivity contribution in [2.24, 2.45) is 9.98 Å². The van der Waals surface area contributed by atoms with Crippen LogP contribution in [0.25, 0.3) is 0 Å². The van der Waals surface area contributed by atoms with Gasteiger partial charge in [-0.05, 0) is 82.7 Å². The number of aryl methyl sites for hydroxylation is 1. The molecule has 2 aromatic rings. The summed E-state index contributed by atoms with van der Waals surface area (Å²) in [6.07, 6.45) is 12.5. The first-order valence-corrected chi connectivity index (χ1v) is 19.0. The van der Waals surface area contributed by atoms with E-state index in [-0.39, 0.29) is 16.2 Å². The average Bonchev–Trinajstić information content (AvgIpc) is 3.23. The highest BCUT2D eigenvalue weighted by Gasteiger charge is 2.30. The smallest absolute Gasteiger partial charge is 0.615 e. The summed E-state index contributed by atoms with van der Waals surface area (Å²) in [5.41, 5.74) is 7.07. The summed E-state index contributed by atoms with van der Waals surface area (Å²) in [5, 5.41) is 0. The van der Waals surface area contributed by atoms with Crippen LogP contribution in [0.2, 0.25) is 0 Å². The van der Waals surface area contributed by atoms with Gasteiger partial charge in [-0.15, -0.1) is 0 Å². The third kappa shape index (κ3) is 9.09. The minimum atomic E-state index is -0.814. The first kappa shape index (κ1) is 35.7. The highest BCUT2D eigenvalue weighted by atomic mass is 27.2. The molecular formula is C40H59AlN4O2+. The maximum atomic E-state index is 6.77. The number of hydrogen-bond donors (Lipinski definition) is 0. The van der Waals surface area contributed by atoms with E-state index in [1.54, 1.807) is 5.84 Å². The fraction of sp³-hybridized carbons (Fsp3) is 0.625. The van der Waals surface area contributed by atoms with E-state index in [2.05, 4.69) is 96.1 Å². The summed E-state index contributed by atoms with van der Waals surface area (Å²) in [6, 6.07) is 9.24. The van der Waals surface area contributed by atoms with Crippen LogP contribution >= 0.6 is 0 Å². The molecule has 3 aliphatic heterocycles. The molecule has 0 saturated heterocycles. The van der Waals surface area contributed by atoms with Gasteiger partial charge in [-0.1, -0.05) is 74.4 Å². The Balaban J connectivity index is 1.47. The van der Waals surface area contributed by atoms with Gasteiger partial charge in [0.05, 0.1) is 50.8 Å². The summed E-state index contributed by atoms with van der Waals surface area (Å²) in [4.78, 5) is 12.3. The molecule has 0 aliphatic carbocycles. The number of amidine groups is 1. The van der Waals surface area contributed by atoms with Crippen LogP contribution < -0.4 is 7.58 Å². The van der Waals surface area contributed by atoms with Gasteiger partial charge in [-0.3, -0.25) is 19.5 Å². The largest absolute Gasteiger partial charge is 0.881 e. The maximum Gasteiger partial charge on any atom is 0.881 e. The average molecular weight is 655 g/mol. The van der Waals surface area contributed by atoms with E-state index in [1.807, 2.05) is 12.4 Å². The van der Waals surface area contributed by atoms with Crippen molar-refractivity contribution in [1.82, 2.24) is 4.90 Å². The van der Waals surface area contributed by atoms with E-state index in [9.17, 15) is 0 Å². The lowest BCUT2D eigenvalue weighted by Gasteiger charge is -2.29. The van der Waals surface area contributed by atoms with Crippen molar-refractivity contribution in [3.63, 3.8) is 0 Å². The van der Waals surface area contributed by atoms with Crippen LogP contribution in [0.5, 0.6) is 11.5 Å². The minimum Gasteiger partial charge on any atom is -0.615 e. The molecule has 5 rings (SSSR count). The second-order valence-electron chi connectivity index (χ2n) is 16.8. The molecule has 1 radical (unpaired) electrons. The molecule has 0 amide bonds. The lowest BCUT2D eigenvalue weighted by Crippen LogP contribution is -2.44. The van der Waals surface area contributed by atoms with Gasteiger partial charge in [0.2, 0.25) is 5.84 Å². The maximum absolute atomic E-state index is 6.77. The van der Waals surface area contributed by atoms with Crippen LogP contribution in [-0.4, -0.2) is 82.9 Å². The van der Waals surface area contributed by atoms with Crippen LogP contribution in [-0.2, 0) is 22.7 Å². The van der Waals surface area contributed by atoms with Crippen molar-refractivity contribution in [3.8, 4) is 11.5 Å². The fourth-order valence-electron chi connectivity index (χ4n) is 6.93. The molecule has 0 bridgehead atoms. The topological polar surface area (TPSA) is 49.4 Å². The SMILES string of the molecule is CC(C)(C)c1cc2c(c(CCCN3CCC[N+]4=C3CCCCC4)c1)[O][Al][O]c1c(cc(C(C)(C)C)cc1C(C)(C)C)C=NCCN=C2. The Morgan fingerprint density at radius 2 is 1.34 bits per heavy atom. The predicted octanol–water partition coefficient (Wildman–Crippen LogP) is 8.05. The first-order valence-electron chi connectivity index (χ1n) is 18.1. The van der Waals surface area contributed by atoms with Gasteiger partial charge in [-0.25, -0.2) is 0 Å². The summed E-state index contributed by atoms with van der Waals surface area (Å²) in [7, 11) is 0. The van der Waals surface area contributed by atoms with Gasteiger partial charge >= 0.3 is 15.9 Å². The van der Waals surface area contributed by atoms with E-state index >= 15 is 0 Å². The number of hydrogen-bond acceptors (Lipinski definition) is 5. The second kappa shape index (κ2) is 14.9. The molecule has 6 nitrogen and oxygen atoms in total. The van der Waals surface area contributed by atoms with Gasteiger partial charge in [0.15, 0.2) is 0 Å². The summed E-state index contributed by atoms with van der Waals surface area (Å²) in [5.74, 6) is 3.42. The Hall–Kier alpha value is -2.62. The third-order valence-electron chi connectivity index (χ3n) is 9.79. The predicted molar refractivity (Wildman–Crippen MR) is 199 cm³/mol. The van der Waals surface area contributed by atoms with Gasteiger partial charge in [-0.2, -0.15) is 0 Å². The zero-order chi connectivity index (χ0) is 33.8. The van der Waals surface area contributed by atoms with Crippen molar-refractivity contribution < 1.29 is 12.2 Å². The molecule has 47 heavy (non-hydrogen) atoms. The monoisotopic (exact) mass is 654 g/mol. The minimum absolute atomic E-state index is 0.0114. The molecular weight excluding hydrogens is 595 g/mol. The van der Waals surface area contributed by atoms with Crippen LogP contribution in [0, 0.1) is 0 Å². The lowest BCUT2D eigenvalue weighted by atomic mass is 9.79. The Labute approximate surface area is 292 Å². The molecule has 7 heteroatoms. The van der Waals surface area contributed by atoms with Crippen molar-refractivity contribution in [1.29, 1.82) is 0 Å². The van der Waals surface area contributed by atoms with Crippen molar-refractivity contribution in [2.45, 2.75) is 124 Å². The molecule has 0 fully saturated rings. The normalized spacial score (nSPS) is 17.9. The van der Waals surface area contributed by atoms with Crippen molar-refractivity contribution in [2.75, 3.05) is 39.3 Å². The van der Waals surface area contributed by atoms with E-state index < -0.39 is 15.9 Å². The fourth-order valence-corrected chi connectivity index (χ4v) is 7.72. The third-order valence-corrected chi connectivity index (χ3v) is 10.5. The van der Waals surface area contributed by atoms with Gasteiger partial charge < -0.3 is 7.58 Å². The number of rotatable bonds is 4. The number of benzene rings is 2. The molecule has 0 N–H and O–H groups in total. The van der Waals surface area contributed by atoms with Crippen molar-refractivity contribution in [3.05, 3.63) is 57.6 Å². The molecule has 0 unspecified atom stereocenters. The zero-order valence-electron chi connectivity index (χ0n) is 30.8. The second-order valence-corrected chi connectivity index (χ2v) is 17.5. The van der Waals surface area contributed by atoms with E-state index in [0.29, 0.717) is 13.1 Å². The highest BCUT2D eigenvalue weighted by molar-refractivity contribution is 6.21. The number of fused-ring (bicyclic) bond motifs is 2. The van der Waals surface area contributed by atoms with Crippen LogP contribution in [0.4, 0.5) is 0 Å². The van der Waals surface area contributed by atoms with Crippen LogP contribution in [0.15, 0.2) is 34.3 Å². The van der Waals surface area contributed by atoms with Gasteiger partial charge in [0.25, 0.3) is 0 Å². The number of nitrogens with zero attached hydrogens (tertiary/aromatic N) is 4. The van der Waals surface area contributed by atoms with Gasteiger partial charge in [0, 0.05) is 36.4 Å². The Morgan fingerprint density at radius 1 is 0.723 bits per heavy atom. The molecule has 0 atom stereocenters. The van der Waals surface area contributed by atoms with E-state index in [1.165, 1.54) is 74.0 Å². The summed E-state index contributed by atoms with van der Waals surface area (Å²) >= 11 is -0.814. The quantitative estimate of drug-likeness (QED) is 0.248. The van der Waals surface area contributed by atoms with E-state index in [4.69, 9.17) is 17.6 Å². The van der Waals surface area contributed by atoms with E-state index in [0.717, 1.165) is 42.0 Å². The Bertz CT molecular complexity index is 1500. The van der Waals surface area contributed by atoms with Crippen LogP contribution in [0.1, 0.15) is 134 Å². The number of aliphatic imine (C=N–C) groups is 2. The molecule has 0 saturated carbocycles. The first-order chi connectivity index (χ1) is 22.2. The molecule has 0 aromatic heterocycles. The van der Waals surface area contributed by atoms with Gasteiger partial charge in [0.1, 0.15) is 0 Å².